The number of rotatable bonds is 5. The molecule has 0 saturated carbocycles. The lowest BCUT2D eigenvalue weighted by atomic mass is 10.1. The summed E-state index contributed by atoms with van der Waals surface area (Å²) >= 11 is 0. The Kier molecular flexibility index (Phi) is 5.28. The van der Waals surface area contributed by atoms with Gasteiger partial charge in [0.2, 0.25) is 5.91 Å². The number of anilines is 2. The van der Waals surface area contributed by atoms with Crippen LogP contribution in [0.3, 0.4) is 0 Å². The molecule has 1 aromatic heterocycles. The molecule has 0 fully saturated rings. The minimum Gasteiger partial charge on any atom is -0.359 e. The van der Waals surface area contributed by atoms with Crippen LogP contribution in [0.25, 0.3) is 10.9 Å². The number of hydrogen-bond donors (Lipinski definition) is 3. The number of H-pyrrole nitrogens is 1. The van der Waals surface area contributed by atoms with Crippen LogP contribution in [-0.2, 0) is 27.8 Å². The van der Waals surface area contributed by atoms with Crippen LogP contribution in [0.4, 0.5) is 24.5 Å². The first-order chi connectivity index (χ1) is 13.4. The van der Waals surface area contributed by atoms with Crippen molar-refractivity contribution in [3.63, 3.8) is 0 Å². The molecular weight excluding hydrogens is 411 g/mol. The Labute approximate surface area is 164 Å². The summed E-state index contributed by atoms with van der Waals surface area (Å²) in [7, 11) is -4.76. The van der Waals surface area contributed by atoms with E-state index in [4.69, 9.17) is 0 Å². The van der Waals surface area contributed by atoms with Gasteiger partial charge in [0.05, 0.1) is 23.5 Å². The van der Waals surface area contributed by atoms with E-state index in [9.17, 15) is 30.9 Å². The summed E-state index contributed by atoms with van der Waals surface area (Å²) in [6, 6.07) is 8.26. The third-order valence-electron chi connectivity index (χ3n) is 4.14. The first-order valence-corrected chi connectivity index (χ1v) is 9.65. The Morgan fingerprint density at radius 2 is 1.83 bits per heavy atom. The van der Waals surface area contributed by atoms with E-state index in [0.717, 1.165) is 24.3 Å². The average Bonchev–Trinajstić information content (AvgIpc) is 3.00. The standard InChI is InChI=1S/C18H16F3N3O4S/c1-11(25)23-17-9-22-16-7-2-12(8-15(16)17)10-24(29(26,27)28)14-5-3-13(4-6-14)18(19,20)21/h2-9,22H,10H2,1H3,(H,23,25)(H,26,27,28). The largest absolute Gasteiger partial charge is 0.416 e. The summed E-state index contributed by atoms with van der Waals surface area (Å²) in [6.07, 6.45) is -2.99. The lowest BCUT2D eigenvalue weighted by Gasteiger charge is -2.21. The fraction of sp³-hybridized carbons (Fsp3) is 0.167. The third-order valence-corrected chi connectivity index (χ3v) is 5.04. The van der Waals surface area contributed by atoms with Crippen molar-refractivity contribution in [2.24, 2.45) is 0 Å². The second kappa shape index (κ2) is 7.41. The zero-order chi connectivity index (χ0) is 21.4. The molecule has 0 saturated heterocycles. The normalized spacial score (nSPS) is 12.2. The summed E-state index contributed by atoms with van der Waals surface area (Å²) in [5, 5.41) is 3.24. The highest BCUT2D eigenvalue weighted by molar-refractivity contribution is 7.87. The van der Waals surface area contributed by atoms with E-state index in [1.54, 1.807) is 24.4 Å². The zero-order valence-corrected chi connectivity index (χ0v) is 15.8. The molecule has 3 rings (SSSR count). The van der Waals surface area contributed by atoms with E-state index < -0.39 is 22.0 Å². The maximum absolute atomic E-state index is 12.7. The first-order valence-electron chi connectivity index (χ1n) is 8.25. The van der Waals surface area contributed by atoms with Gasteiger partial charge in [-0.15, -0.1) is 0 Å². The van der Waals surface area contributed by atoms with Gasteiger partial charge >= 0.3 is 16.5 Å². The third kappa shape index (κ3) is 4.69. The van der Waals surface area contributed by atoms with Crippen molar-refractivity contribution in [2.45, 2.75) is 19.6 Å². The van der Waals surface area contributed by atoms with Crippen molar-refractivity contribution in [2.75, 3.05) is 9.62 Å². The van der Waals surface area contributed by atoms with Crippen LogP contribution in [0, 0.1) is 0 Å². The molecule has 3 aromatic rings. The smallest absolute Gasteiger partial charge is 0.359 e. The number of halogens is 3. The average molecular weight is 427 g/mol. The van der Waals surface area contributed by atoms with Gasteiger partial charge in [-0.3, -0.25) is 9.35 Å². The van der Waals surface area contributed by atoms with Crippen molar-refractivity contribution in [1.82, 2.24) is 4.98 Å². The molecule has 0 bridgehead atoms. The molecule has 1 amide bonds. The van der Waals surface area contributed by atoms with Gasteiger partial charge in [-0.1, -0.05) is 6.07 Å². The van der Waals surface area contributed by atoms with Crippen molar-refractivity contribution >= 4 is 38.5 Å². The number of benzene rings is 2. The van der Waals surface area contributed by atoms with Crippen molar-refractivity contribution in [3.05, 3.63) is 59.8 Å². The van der Waals surface area contributed by atoms with Gasteiger partial charge in [-0.2, -0.15) is 21.6 Å². The molecule has 3 N–H and O–H groups in total. The molecule has 0 aliphatic carbocycles. The molecule has 29 heavy (non-hydrogen) atoms. The lowest BCUT2D eigenvalue weighted by Crippen LogP contribution is -2.29. The van der Waals surface area contributed by atoms with Crippen LogP contribution in [0.2, 0.25) is 0 Å². The number of nitrogens with one attached hydrogen (secondary N) is 2. The van der Waals surface area contributed by atoms with Crippen LogP contribution < -0.4 is 9.62 Å². The molecule has 7 nitrogen and oxygen atoms in total. The molecule has 0 atom stereocenters. The maximum atomic E-state index is 12.7. The van der Waals surface area contributed by atoms with Crippen molar-refractivity contribution < 1.29 is 30.9 Å². The Balaban J connectivity index is 1.96. The quantitative estimate of drug-likeness (QED) is 0.537. The van der Waals surface area contributed by atoms with E-state index >= 15 is 0 Å². The summed E-state index contributed by atoms with van der Waals surface area (Å²) in [6.45, 7) is 1.01. The van der Waals surface area contributed by atoms with Gasteiger partial charge < -0.3 is 10.3 Å². The molecule has 0 radical (unpaired) electrons. The highest BCUT2D eigenvalue weighted by atomic mass is 32.2. The monoisotopic (exact) mass is 427 g/mol. The fourth-order valence-electron chi connectivity index (χ4n) is 2.85. The number of aromatic amines is 1. The number of fused-ring (bicyclic) bond motifs is 1. The molecular formula is C18H16F3N3O4S. The van der Waals surface area contributed by atoms with E-state index in [2.05, 4.69) is 10.3 Å². The van der Waals surface area contributed by atoms with Gasteiger partial charge in [-0.05, 0) is 42.0 Å². The predicted octanol–water partition coefficient (Wildman–Crippen LogP) is 3.95. The SMILES string of the molecule is CC(=O)Nc1c[nH]c2ccc(CN(c3ccc(C(F)(F)F)cc3)S(=O)(=O)O)cc12. The maximum Gasteiger partial charge on any atom is 0.416 e. The highest BCUT2D eigenvalue weighted by Gasteiger charge is 2.30. The Bertz CT molecular complexity index is 1160. The highest BCUT2D eigenvalue weighted by Crippen LogP contribution is 2.32. The van der Waals surface area contributed by atoms with Crippen LogP contribution in [0.15, 0.2) is 48.7 Å². The van der Waals surface area contributed by atoms with Crippen LogP contribution in [-0.4, -0.2) is 23.9 Å². The second-order valence-electron chi connectivity index (χ2n) is 6.29. The molecule has 0 unspecified atom stereocenters. The van der Waals surface area contributed by atoms with Crippen LogP contribution in [0.5, 0.6) is 0 Å². The van der Waals surface area contributed by atoms with E-state index in [1.165, 1.54) is 6.92 Å². The number of hydrogen-bond acceptors (Lipinski definition) is 3. The van der Waals surface area contributed by atoms with Gasteiger partial charge in [0, 0.05) is 24.0 Å². The molecule has 1 heterocycles. The summed E-state index contributed by atoms with van der Waals surface area (Å²) in [5.41, 5.74) is 0.552. The number of alkyl halides is 3. The minimum atomic E-state index is -4.76. The number of amides is 1. The summed E-state index contributed by atoms with van der Waals surface area (Å²) in [5.74, 6) is -0.291. The second-order valence-corrected chi connectivity index (χ2v) is 7.63. The number of nitrogens with zero attached hydrogens (tertiary/aromatic N) is 1. The molecule has 154 valence electrons. The van der Waals surface area contributed by atoms with Gasteiger partial charge in [0.1, 0.15) is 0 Å². The minimum absolute atomic E-state index is 0.128. The molecule has 0 aliphatic rings. The zero-order valence-electron chi connectivity index (χ0n) is 15.0. The molecule has 0 spiro atoms. The Morgan fingerprint density at radius 1 is 1.17 bits per heavy atom. The first kappa shape index (κ1) is 20.7. The van der Waals surface area contributed by atoms with Crippen LogP contribution in [0.1, 0.15) is 18.1 Å². The van der Waals surface area contributed by atoms with E-state index in [1.807, 2.05) is 0 Å². The number of carbonyl (C=O) groups is 1. The lowest BCUT2D eigenvalue weighted by molar-refractivity contribution is -0.137. The van der Waals surface area contributed by atoms with E-state index in [0.29, 0.717) is 26.5 Å². The van der Waals surface area contributed by atoms with Crippen molar-refractivity contribution in [3.8, 4) is 0 Å². The van der Waals surface area contributed by atoms with E-state index in [-0.39, 0.29) is 18.1 Å². The fourth-order valence-corrected chi connectivity index (χ4v) is 3.55. The Hall–Kier alpha value is -3.05. The van der Waals surface area contributed by atoms with Gasteiger partial charge in [0.15, 0.2) is 0 Å². The topological polar surface area (TPSA) is 103 Å². The number of aromatic nitrogens is 1. The molecule has 2 aromatic carbocycles. The Morgan fingerprint density at radius 3 is 2.38 bits per heavy atom. The van der Waals surface area contributed by atoms with Crippen LogP contribution >= 0.6 is 0 Å². The predicted molar refractivity (Wildman–Crippen MR) is 102 cm³/mol. The van der Waals surface area contributed by atoms with Gasteiger partial charge in [-0.25, -0.2) is 4.31 Å². The molecule has 0 aliphatic heterocycles. The number of carbonyl (C=O) groups excluding carboxylic acids is 1. The molecule has 11 heteroatoms. The summed E-state index contributed by atoms with van der Waals surface area (Å²) in [4.78, 5) is 14.3. The van der Waals surface area contributed by atoms with Gasteiger partial charge in [0.25, 0.3) is 0 Å². The van der Waals surface area contributed by atoms with Crippen molar-refractivity contribution in [1.29, 1.82) is 0 Å². The summed E-state index contributed by atoms with van der Waals surface area (Å²) < 4.78 is 72.0.